The van der Waals surface area contributed by atoms with Crippen molar-refractivity contribution in [1.29, 1.82) is 0 Å². The first-order valence-corrected chi connectivity index (χ1v) is 6.80. The molecule has 0 saturated heterocycles. The Balaban J connectivity index is 2.41. The Morgan fingerprint density at radius 2 is 1.61 bits per heavy atom. The van der Waals surface area contributed by atoms with E-state index in [0.29, 0.717) is 21.2 Å². The van der Waals surface area contributed by atoms with E-state index in [9.17, 15) is 4.79 Å². The fourth-order valence-electron chi connectivity index (χ4n) is 1.54. The molecule has 0 aliphatic heterocycles. The van der Waals surface area contributed by atoms with E-state index in [-0.39, 0.29) is 5.78 Å². The predicted octanol–water partition coefficient (Wildman–Crippen LogP) is 5.30. The van der Waals surface area contributed by atoms with Gasteiger partial charge in [0.2, 0.25) is 0 Å². The van der Waals surface area contributed by atoms with Crippen LogP contribution in [0, 0.1) is 6.92 Å². The van der Waals surface area contributed by atoms with E-state index in [2.05, 4.69) is 15.9 Å². The molecule has 0 amide bonds. The lowest BCUT2D eigenvalue weighted by Gasteiger charge is -2.05. The Kier molecular flexibility index (Phi) is 4.10. The number of aryl methyl sites for hydroxylation is 1. The van der Waals surface area contributed by atoms with Crippen LogP contribution in [0.1, 0.15) is 21.5 Å². The maximum Gasteiger partial charge on any atom is 0.193 e. The van der Waals surface area contributed by atoms with Crippen molar-refractivity contribution in [2.45, 2.75) is 6.92 Å². The topological polar surface area (TPSA) is 17.1 Å². The first-order valence-electron chi connectivity index (χ1n) is 5.25. The Hall–Kier alpha value is -0.830. The molecule has 1 nitrogen and oxygen atoms in total. The van der Waals surface area contributed by atoms with E-state index in [0.717, 1.165) is 10.0 Å². The van der Waals surface area contributed by atoms with Gasteiger partial charge in [-0.2, -0.15) is 0 Å². The quantitative estimate of drug-likeness (QED) is 0.676. The molecular weight excluding hydrogens is 335 g/mol. The summed E-state index contributed by atoms with van der Waals surface area (Å²) >= 11 is 15.1. The molecule has 0 aliphatic carbocycles. The number of hydrogen-bond donors (Lipinski definition) is 0. The highest BCUT2D eigenvalue weighted by Crippen LogP contribution is 2.25. The van der Waals surface area contributed by atoms with Gasteiger partial charge in [0.25, 0.3) is 0 Å². The largest absolute Gasteiger partial charge is 0.289 e. The van der Waals surface area contributed by atoms with Gasteiger partial charge in [-0.15, -0.1) is 0 Å². The standard InChI is InChI=1S/C14H9BrCl2O/c1-8-2-3-9(6-11(8)15)14(18)10-4-5-12(16)13(17)7-10/h2-7H,1H3. The molecule has 0 fully saturated rings. The van der Waals surface area contributed by atoms with Crippen LogP contribution in [0.4, 0.5) is 0 Å². The van der Waals surface area contributed by atoms with E-state index in [4.69, 9.17) is 23.2 Å². The molecule has 0 saturated carbocycles. The maximum atomic E-state index is 12.3. The number of hydrogen-bond acceptors (Lipinski definition) is 1. The van der Waals surface area contributed by atoms with Crippen molar-refractivity contribution in [2.75, 3.05) is 0 Å². The first kappa shape index (κ1) is 13.6. The average molecular weight is 344 g/mol. The lowest BCUT2D eigenvalue weighted by Crippen LogP contribution is -2.01. The van der Waals surface area contributed by atoms with Gasteiger partial charge in [0.05, 0.1) is 10.0 Å². The molecule has 2 aromatic carbocycles. The maximum absolute atomic E-state index is 12.3. The van der Waals surface area contributed by atoms with Crippen LogP contribution in [0.3, 0.4) is 0 Å². The second-order valence-corrected chi connectivity index (χ2v) is 5.59. The summed E-state index contributed by atoms with van der Waals surface area (Å²) in [6, 6.07) is 10.4. The molecule has 92 valence electrons. The van der Waals surface area contributed by atoms with Crippen molar-refractivity contribution < 1.29 is 4.79 Å². The highest BCUT2D eigenvalue weighted by Gasteiger charge is 2.11. The van der Waals surface area contributed by atoms with Crippen LogP contribution in [0.15, 0.2) is 40.9 Å². The zero-order chi connectivity index (χ0) is 13.3. The van der Waals surface area contributed by atoms with Gasteiger partial charge in [0.1, 0.15) is 0 Å². The molecule has 0 radical (unpaired) electrons. The van der Waals surface area contributed by atoms with Gasteiger partial charge in [-0.25, -0.2) is 0 Å². The molecule has 0 atom stereocenters. The predicted molar refractivity (Wildman–Crippen MR) is 78.8 cm³/mol. The molecule has 0 aromatic heterocycles. The zero-order valence-corrected chi connectivity index (χ0v) is 12.6. The highest BCUT2D eigenvalue weighted by molar-refractivity contribution is 9.10. The minimum atomic E-state index is -0.0748. The Morgan fingerprint density at radius 1 is 1.00 bits per heavy atom. The van der Waals surface area contributed by atoms with Gasteiger partial charge in [0, 0.05) is 15.6 Å². The Morgan fingerprint density at radius 3 is 2.22 bits per heavy atom. The summed E-state index contributed by atoms with van der Waals surface area (Å²) in [5, 5.41) is 0.826. The van der Waals surface area contributed by atoms with Crippen LogP contribution in [-0.4, -0.2) is 5.78 Å². The number of halogens is 3. The number of rotatable bonds is 2. The van der Waals surface area contributed by atoms with Gasteiger partial charge in [0.15, 0.2) is 5.78 Å². The first-order chi connectivity index (χ1) is 8.49. The van der Waals surface area contributed by atoms with Crippen molar-refractivity contribution in [3.8, 4) is 0 Å². The molecule has 4 heteroatoms. The average Bonchev–Trinajstić information content (AvgIpc) is 2.35. The molecular formula is C14H9BrCl2O. The molecule has 0 bridgehead atoms. The lowest BCUT2D eigenvalue weighted by atomic mass is 10.0. The Bertz CT molecular complexity index is 570. The summed E-state index contributed by atoms with van der Waals surface area (Å²) in [5.74, 6) is -0.0748. The number of benzene rings is 2. The summed E-state index contributed by atoms with van der Waals surface area (Å²) < 4.78 is 0.911. The van der Waals surface area contributed by atoms with E-state index >= 15 is 0 Å². The zero-order valence-electron chi connectivity index (χ0n) is 9.51. The number of carbonyl (C=O) groups is 1. The van der Waals surface area contributed by atoms with Gasteiger partial charge >= 0.3 is 0 Å². The van der Waals surface area contributed by atoms with Crippen molar-refractivity contribution in [2.24, 2.45) is 0 Å². The third kappa shape index (κ3) is 2.77. The van der Waals surface area contributed by atoms with Crippen molar-refractivity contribution in [1.82, 2.24) is 0 Å². The molecule has 0 spiro atoms. The fraction of sp³-hybridized carbons (Fsp3) is 0.0714. The van der Waals surface area contributed by atoms with Crippen LogP contribution in [0.5, 0.6) is 0 Å². The van der Waals surface area contributed by atoms with Crippen molar-refractivity contribution >= 4 is 44.9 Å². The van der Waals surface area contributed by atoms with Crippen LogP contribution in [0.2, 0.25) is 10.0 Å². The summed E-state index contributed by atoms with van der Waals surface area (Å²) in [4.78, 5) is 12.3. The minimum Gasteiger partial charge on any atom is -0.289 e. The monoisotopic (exact) mass is 342 g/mol. The van der Waals surface area contributed by atoms with Gasteiger partial charge in [-0.1, -0.05) is 51.3 Å². The molecule has 0 unspecified atom stereocenters. The minimum absolute atomic E-state index is 0.0748. The van der Waals surface area contributed by atoms with Gasteiger partial charge in [-0.05, 0) is 36.8 Å². The van der Waals surface area contributed by atoms with Crippen LogP contribution in [-0.2, 0) is 0 Å². The van der Waals surface area contributed by atoms with E-state index in [1.165, 1.54) is 0 Å². The third-order valence-electron chi connectivity index (χ3n) is 2.62. The normalized spacial score (nSPS) is 10.4. The number of ketones is 1. The molecule has 0 N–H and O–H groups in total. The van der Waals surface area contributed by atoms with Gasteiger partial charge in [-0.3, -0.25) is 4.79 Å². The molecule has 2 aromatic rings. The molecule has 2 rings (SSSR count). The van der Waals surface area contributed by atoms with Crippen LogP contribution in [0.25, 0.3) is 0 Å². The summed E-state index contributed by atoms with van der Waals surface area (Å²) in [7, 11) is 0. The lowest BCUT2D eigenvalue weighted by molar-refractivity contribution is 0.103. The van der Waals surface area contributed by atoms with Crippen molar-refractivity contribution in [3.63, 3.8) is 0 Å². The van der Waals surface area contributed by atoms with E-state index < -0.39 is 0 Å². The SMILES string of the molecule is Cc1ccc(C(=O)c2ccc(Cl)c(Cl)c2)cc1Br. The van der Waals surface area contributed by atoms with Crippen LogP contribution < -0.4 is 0 Å². The van der Waals surface area contributed by atoms with E-state index in [1.54, 1.807) is 30.3 Å². The fourth-order valence-corrected chi connectivity index (χ4v) is 2.22. The summed E-state index contributed by atoms with van der Waals surface area (Å²) in [6.07, 6.45) is 0. The second-order valence-electron chi connectivity index (χ2n) is 3.92. The Labute approximate surface area is 124 Å². The molecule has 18 heavy (non-hydrogen) atoms. The molecule has 0 aliphatic rings. The smallest absolute Gasteiger partial charge is 0.193 e. The van der Waals surface area contributed by atoms with E-state index in [1.807, 2.05) is 13.0 Å². The highest BCUT2D eigenvalue weighted by atomic mass is 79.9. The summed E-state index contributed by atoms with van der Waals surface area (Å²) in [6.45, 7) is 1.97. The third-order valence-corrected chi connectivity index (χ3v) is 4.21. The molecule has 0 heterocycles. The second kappa shape index (κ2) is 5.43. The number of carbonyl (C=O) groups excluding carboxylic acids is 1. The van der Waals surface area contributed by atoms with Crippen molar-refractivity contribution in [3.05, 3.63) is 67.6 Å². The summed E-state index contributed by atoms with van der Waals surface area (Å²) in [5.41, 5.74) is 2.23. The van der Waals surface area contributed by atoms with Crippen LogP contribution >= 0.6 is 39.1 Å². The van der Waals surface area contributed by atoms with Gasteiger partial charge < -0.3 is 0 Å².